The van der Waals surface area contributed by atoms with Crippen LogP contribution in [0.25, 0.3) is 11.0 Å². The van der Waals surface area contributed by atoms with E-state index in [2.05, 4.69) is 15.6 Å². The molecule has 2 amide bonds. The van der Waals surface area contributed by atoms with Crippen molar-refractivity contribution in [2.24, 2.45) is 0 Å². The molecule has 1 aromatic carbocycles. The zero-order valence-electron chi connectivity index (χ0n) is 12.2. The minimum Gasteiger partial charge on any atom is -0.465 e. The van der Waals surface area contributed by atoms with Crippen LogP contribution in [0.1, 0.15) is 25.6 Å². The molecule has 0 fully saturated rings. The minimum atomic E-state index is -1.17. The Kier molecular flexibility index (Phi) is 5.18. The predicted molar refractivity (Wildman–Crippen MR) is 79.5 cm³/mol. The molecule has 0 saturated carbocycles. The molecule has 3 N–H and O–H groups in total. The van der Waals surface area contributed by atoms with Gasteiger partial charge in [0.1, 0.15) is 5.52 Å². The molecule has 0 spiro atoms. The maximum Gasteiger partial charge on any atom is 0.432 e. The summed E-state index contributed by atoms with van der Waals surface area (Å²) in [6.45, 7) is 2.48. The van der Waals surface area contributed by atoms with Crippen molar-refractivity contribution >= 4 is 23.2 Å². The third-order valence-electron chi connectivity index (χ3n) is 2.96. The summed E-state index contributed by atoms with van der Waals surface area (Å²) in [5.74, 6) is 0.300. The molecule has 0 unspecified atom stereocenters. The molecule has 0 atom stereocenters. The number of carbonyl (C=O) groups is 2. The number of rotatable bonds is 6. The van der Waals surface area contributed by atoms with Gasteiger partial charge in [-0.25, -0.2) is 14.6 Å². The number of nitrogens with zero attached hydrogens (tertiary/aromatic N) is 2. The van der Waals surface area contributed by atoms with E-state index in [9.17, 15) is 9.59 Å². The molecule has 118 valence electrons. The Morgan fingerprint density at radius 2 is 2.09 bits per heavy atom. The molecule has 2 rings (SSSR count). The van der Waals surface area contributed by atoms with Crippen LogP contribution in [0.3, 0.4) is 0 Å². The summed E-state index contributed by atoms with van der Waals surface area (Å²) < 4.78 is 1.24. The summed E-state index contributed by atoms with van der Waals surface area (Å²) in [6, 6.07) is 7.09. The van der Waals surface area contributed by atoms with E-state index in [1.54, 1.807) is 24.3 Å². The molecule has 0 bridgehead atoms. The number of amides is 2. The van der Waals surface area contributed by atoms with E-state index in [-0.39, 0.29) is 6.54 Å². The summed E-state index contributed by atoms with van der Waals surface area (Å²) in [5.41, 5.74) is 1.21. The number of nitrogens with one attached hydrogen (secondary N) is 2. The number of unbranched alkanes of at least 4 members (excludes halogenated alkanes) is 1. The lowest BCUT2D eigenvalue weighted by molar-refractivity contribution is 0.133. The van der Waals surface area contributed by atoms with Crippen molar-refractivity contribution in [2.45, 2.75) is 26.3 Å². The third kappa shape index (κ3) is 3.87. The lowest BCUT2D eigenvalue weighted by Gasteiger charge is -2.10. The number of fused-ring (bicyclic) bond motifs is 1. The average molecular weight is 306 g/mol. The summed E-state index contributed by atoms with van der Waals surface area (Å²) in [5, 5.41) is 13.5. The van der Waals surface area contributed by atoms with Gasteiger partial charge in [-0.15, -0.1) is 0 Å². The van der Waals surface area contributed by atoms with E-state index in [4.69, 9.17) is 9.94 Å². The van der Waals surface area contributed by atoms with Crippen molar-refractivity contribution in [1.29, 1.82) is 0 Å². The van der Waals surface area contributed by atoms with Crippen LogP contribution in [0.5, 0.6) is 0 Å². The number of aromatic nitrogens is 2. The molecule has 8 nitrogen and oxygen atoms in total. The van der Waals surface area contributed by atoms with E-state index in [1.165, 1.54) is 4.73 Å². The van der Waals surface area contributed by atoms with Crippen LogP contribution in [0, 0.1) is 0 Å². The molecule has 0 radical (unpaired) electrons. The number of hydrogen-bond donors (Lipinski definition) is 3. The lowest BCUT2D eigenvalue weighted by Crippen LogP contribution is -2.34. The van der Waals surface area contributed by atoms with Crippen molar-refractivity contribution in [3.63, 3.8) is 0 Å². The van der Waals surface area contributed by atoms with Gasteiger partial charge in [0, 0.05) is 6.54 Å². The number of benzene rings is 1. The quantitative estimate of drug-likeness (QED) is 0.705. The topological polar surface area (TPSA) is 105 Å². The zero-order valence-corrected chi connectivity index (χ0v) is 12.2. The Labute approximate surface area is 127 Å². The van der Waals surface area contributed by atoms with Gasteiger partial charge in [-0.05, 0) is 18.6 Å². The second-order valence-electron chi connectivity index (χ2n) is 4.63. The number of imidazole rings is 1. The number of para-hydroxylation sites is 2. The second-order valence-corrected chi connectivity index (χ2v) is 4.63. The highest BCUT2D eigenvalue weighted by Crippen LogP contribution is 2.14. The standard InChI is InChI=1S/C14H18N4O4/c1-2-3-8-15-14(21)22-18-11-7-5-4-6-10(11)17-12(18)9-16-13(19)20/h4-7,16H,2-3,8-9H2,1H3,(H,15,21)(H,19,20). The van der Waals surface area contributed by atoms with Crippen LogP contribution >= 0.6 is 0 Å². The van der Waals surface area contributed by atoms with Crippen LogP contribution in [0.2, 0.25) is 0 Å². The van der Waals surface area contributed by atoms with Gasteiger partial charge >= 0.3 is 12.2 Å². The molecule has 1 aromatic heterocycles. The van der Waals surface area contributed by atoms with Gasteiger partial charge in [0.25, 0.3) is 0 Å². The monoisotopic (exact) mass is 306 g/mol. The van der Waals surface area contributed by atoms with Crippen molar-refractivity contribution < 1.29 is 19.5 Å². The first-order valence-electron chi connectivity index (χ1n) is 7.01. The molecule has 2 aromatic rings. The summed E-state index contributed by atoms with van der Waals surface area (Å²) in [6.07, 6.45) is 0.0362. The van der Waals surface area contributed by atoms with E-state index in [0.29, 0.717) is 23.4 Å². The van der Waals surface area contributed by atoms with Crippen LogP contribution < -0.4 is 15.5 Å². The lowest BCUT2D eigenvalue weighted by atomic mass is 10.3. The number of carboxylic acid groups (broad SMARTS) is 1. The van der Waals surface area contributed by atoms with Gasteiger partial charge in [0.15, 0.2) is 5.82 Å². The maximum absolute atomic E-state index is 11.8. The highest BCUT2D eigenvalue weighted by molar-refractivity contribution is 5.77. The van der Waals surface area contributed by atoms with Gasteiger partial charge < -0.3 is 20.6 Å². The fourth-order valence-corrected chi connectivity index (χ4v) is 1.90. The first-order chi connectivity index (χ1) is 10.6. The molecule has 0 aliphatic heterocycles. The summed E-state index contributed by atoms with van der Waals surface area (Å²) >= 11 is 0. The Balaban J connectivity index is 2.19. The summed E-state index contributed by atoms with van der Waals surface area (Å²) in [7, 11) is 0. The molecule has 1 heterocycles. The first-order valence-corrected chi connectivity index (χ1v) is 7.01. The highest BCUT2D eigenvalue weighted by atomic mass is 16.7. The third-order valence-corrected chi connectivity index (χ3v) is 2.96. The van der Waals surface area contributed by atoms with Gasteiger partial charge in [-0.3, -0.25) is 0 Å². The predicted octanol–water partition coefficient (Wildman–Crippen LogP) is 1.74. The fourth-order valence-electron chi connectivity index (χ4n) is 1.90. The largest absolute Gasteiger partial charge is 0.465 e. The Hall–Kier alpha value is -2.77. The van der Waals surface area contributed by atoms with Gasteiger partial charge in [-0.2, -0.15) is 4.73 Å². The van der Waals surface area contributed by atoms with Crippen LogP contribution in [-0.4, -0.2) is 33.6 Å². The number of carbonyl (C=O) groups excluding carboxylic acids is 1. The SMILES string of the molecule is CCCCNC(=O)On1c(CNC(=O)O)nc2ccccc21. The molecule has 8 heteroatoms. The molecular weight excluding hydrogens is 288 g/mol. The first kappa shape index (κ1) is 15.6. The van der Waals surface area contributed by atoms with Crippen LogP contribution in [0.15, 0.2) is 24.3 Å². The maximum atomic E-state index is 11.8. The Morgan fingerprint density at radius 1 is 1.32 bits per heavy atom. The molecule has 0 saturated heterocycles. The van der Waals surface area contributed by atoms with E-state index >= 15 is 0 Å². The Bertz CT molecular complexity index is 668. The van der Waals surface area contributed by atoms with Crippen molar-refractivity contribution in [1.82, 2.24) is 20.3 Å². The van der Waals surface area contributed by atoms with E-state index in [0.717, 1.165) is 12.8 Å². The smallest absolute Gasteiger partial charge is 0.432 e. The summed E-state index contributed by atoms with van der Waals surface area (Å²) in [4.78, 5) is 31.9. The molecule has 22 heavy (non-hydrogen) atoms. The van der Waals surface area contributed by atoms with Crippen molar-refractivity contribution in [3.8, 4) is 0 Å². The molecule has 0 aliphatic rings. The number of hydrogen-bond acceptors (Lipinski definition) is 4. The highest BCUT2D eigenvalue weighted by Gasteiger charge is 2.15. The average Bonchev–Trinajstić information content (AvgIpc) is 2.83. The van der Waals surface area contributed by atoms with E-state index < -0.39 is 12.2 Å². The Morgan fingerprint density at radius 3 is 2.82 bits per heavy atom. The van der Waals surface area contributed by atoms with Gasteiger partial charge in [-0.1, -0.05) is 25.5 Å². The molecule has 0 aliphatic carbocycles. The second kappa shape index (κ2) is 7.30. The minimum absolute atomic E-state index is 0.0632. The zero-order chi connectivity index (χ0) is 15.9. The van der Waals surface area contributed by atoms with E-state index in [1.807, 2.05) is 6.92 Å². The van der Waals surface area contributed by atoms with Crippen LogP contribution in [0.4, 0.5) is 9.59 Å². The molecular formula is C14H18N4O4. The fraction of sp³-hybridized carbons (Fsp3) is 0.357. The van der Waals surface area contributed by atoms with Crippen LogP contribution in [-0.2, 0) is 6.54 Å². The van der Waals surface area contributed by atoms with Gasteiger partial charge in [0.2, 0.25) is 0 Å². The van der Waals surface area contributed by atoms with Crippen molar-refractivity contribution in [2.75, 3.05) is 6.54 Å². The van der Waals surface area contributed by atoms with Gasteiger partial charge in [0.05, 0.1) is 12.1 Å². The normalized spacial score (nSPS) is 10.4. The van der Waals surface area contributed by atoms with Crippen molar-refractivity contribution in [3.05, 3.63) is 30.1 Å².